The summed E-state index contributed by atoms with van der Waals surface area (Å²) < 4.78 is 38.7. The second-order valence-corrected chi connectivity index (χ2v) is 4.81. The third-order valence-electron chi connectivity index (χ3n) is 2.73. The Bertz CT molecular complexity index is 848. The number of nitrogens with zero attached hydrogens (tertiary/aromatic N) is 4. The predicted molar refractivity (Wildman–Crippen MR) is 82.2 cm³/mol. The molecule has 11 heteroatoms. The summed E-state index contributed by atoms with van der Waals surface area (Å²) in [4.78, 5) is 0. The molecule has 0 saturated heterocycles. The van der Waals surface area contributed by atoms with Crippen LogP contribution in [0.2, 0.25) is 5.02 Å². The van der Waals surface area contributed by atoms with Crippen LogP contribution in [-0.2, 0) is 6.18 Å². The van der Waals surface area contributed by atoms with Crippen LogP contribution in [0.1, 0.15) is 5.69 Å². The van der Waals surface area contributed by atoms with E-state index in [4.69, 9.17) is 28.0 Å². The minimum absolute atomic E-state index is 0.105. The molecule has 0 amide bonds. The molecule has 0 aliphatic rings. The van der Waals surface area contributed by atoms with E-state index in [0.717, 1.165) is 16.9 Å². The van der Waals surface area contributed by atoms with Gasteiger partial charge in [0, 0.05) is 6.20 Å². The molecule has 0 saturated carbocycles. The van der Waals surface area contributed by atoms with Crippen LogP contribution < -0.4 is 11.2 Å². The third-order valence-corrected chi connectivity index (χ3v) is 3.03. The molecule has 0 fully saturated rings. The zero-order chi connectivity index (χ0) is 17.9. The normalized spacial score (nSPS) is 11.9. The Morgan fingerprint density at radius 2 is 2.12 bits per heavy atom. The first-order chi connectivity index (χ1) is 11.2. The summed E-state index contributed by atoms with van der Waals surface area (Å²) in [6, 6.07) is 6.73. The van der Waals surface area contributed by atoms with Gasteiger partial charge in [-0.2, -0.15) is 28.6 Å². The van der Waals surface area contributed by atoms with Crippen molar-refractivity contribution in [3.8, 4) is 11.8 Å². The number of alkyl halides is 3. The van der Waals surface area contributed by atoms with E-state index in [-0.39, 0.29) is 16.4 Å². The maximum absolute atomic E-state index is 12.6. The Morgan fingerprint density at radius 3 is 2.62 bits per heavy atom. The number of benzene rings is 1. The molecule has 0 spiro atoms. The quantitative estimate of drug-likeness (QED) is 0.444. The van der Waals surface area contributed by atoms with E-state index in [0.29, 0.717) is 5.69 Å². The lowest BCUT2D eigenvalue weighted by Gasteiger charge is -2.07. The SMILES string of the molecule is N#C/C(=N\Nc1ccc(-n2ccc(C(F)(F)F)n2)c(Cl)c1)C(=N)N. The Labute approximate surface area is 138 Å². The van der Waals surface area contributed by atoms with Gasteiger partial charge in [-0.25, -0.2) is 4.68 Å². The van der Waals surface area contributed by atoms with Gasteiger partial charge < -0.3 is 5.73 Å². The van der Waals surface area contributed by atoms with Gasteiger partial charge in [-0.3, -0.25) is 10.8 Å². The second kappa shape index (κ2) is 6.59. The highest BCUT2D eigenvalue weighted by Gasteiger charge is 2.33. The third kappa shape index (κ3) is 3.82. The van der Waals surface area contributed by atoms with Gasteiger partial charge in [0.15, 0.2) is 11.5 Å². The number of halogens is 4. The second-order valence-electron chi connectivity index (χ2n) is 4.41. The molecule has 1 aromatic heterocycles. The number of nitriles is 1. The Morgan fingerprint density at radius 1 is 1.42 bits per heavy atom. The Balaban J connectivity index is 2.26. The van der Waals surface area contributed by atoms with Gasteiger partial charge in [0.2, 0.25) is 5.71 Å². The van der Waals surface area contributed by atoms with Crippen LogP contribution in [0.15, 0.2) is 35.6 Å². The average Bonchev–Trinajstić information content (AvgIpc) is 2.97. The summed E-state index contributed by atoms with van der Waals surface area (Å²) in [7, 11) is 0. The van der Waals surface area contributed by atoms with E-state index in [1.807, 2.05) is 0 Å². The summed E-state index contributed by atoms with van der Waals surface area (Å²) in [6.07, 6.45) is -3.41. The van der Waals surface area contributed by atoms with Crippen molar-refractivity contribution >= 4 is 28.8 Å². The van der Waals surface area contributed by atoms with Gasteiger partial charge in [-0.05, 0) is 24.3 Å². The number of hydrogen-bond acceptors (Lipinski definition) is 5. The Kier molecular flexibility index (Phi) is 4.75. The number of aromatic nitrogens is 2. The summed E-state index contributed by atoms with van der Waals surface area (Å²) in [5.74, 6) is -0.510. The molecule has 0 aliphatic carbocycles. The monoisotopic (exact) mass is 355 g/mol. The lowest BCUT2D eigenvalue weighted by Crippen LogP contribution is -2.21. The van der Waals surface area contributed by atoms with Crippen LogP contribution >= 0.6 is 11.6 Å². The molecule has 0 atom stereocenters. The summed E-state index contributed by atoms with van der Waals surface area (Å²) in [6.45, 7) is 0. The van der Waals surface area contributed by atoms with E-state index < -0.39 is 17.7 Å². The molecule has 1 heterocycles. The van der Waals surface area contributed by atoms with Crippen LogP contribution in [0.5, 0.6) is 0 Å². The van der Waals surface area contributed by atoms with Crippen molar-refractivity contribution in [1.82, 2.24) is 9.78 Å². The van der Waals surface area contributed by atoms with Crippen molar-refractivity contribution in [3.63, 3.8) is 0 Å². The molecular weight excluding hydrogens is 347 g/mol. The highest BCUT2D eigenvalue weighted by Crippen LogP contribution is 2.29. The number of rotatable bonds is 4. The molecule has 4 N–H and O–H groups in total. The minimum atomic E-state index is -4.55. The van der Waals surface area contributed by atoms with E-state index in [9.17, 15) is 13.2 Å². The lowest BCUT2D eigenvalue weighted by atomic mass is 10.3. The standard InChI is InChI=1S/C13H9ClF3N7/c14-8-5-7(21-22-9(6-18)12(19)20)1-2-10(8)24-4-3-11(23-24)13(15,16)17/h1-5,21H,(H3,19,20)/b22-9+. The number of hydrogen-bond donors (Lipinski definition) is 3. The van der Waals surface area contributed by atoms with Crippen molar-refractivity contribution in [1.29, 1.82) is 10.7 Å². The molecule has 7 nitrogen and oxygen atoms in total. The molecule has 0 unspecified atom stereocenters. The number of amidine groups is 1. The molecule has 2 rings (SSSR count). The van der Waals surface area contributed by atoms with Crippen molar-refractivity contribution < 1.29 is 13.2 Å². The van der Waals surface area contributed by atoms with Gasteiger partial charge in [-0.15, -0.1) is 0 Å². The number of anilines is 1. The van der Waals surface area contributed by atoms with Crippen molar-refractivity contribution in [2.24, 2.45) is 10.8 Å². The molecular formula is C13H9ClF3N7. The molecule has 2 aromatic rings. The fourth-order valence-electron chi connectivity index (χ4n) is 1.64. The maximum atomic E-state index is 12.6. The Hall–Kier alpha value is -3.06. The highest BCUT2D eigenvalue weighted by atomic mass is 35.5. The van der Waals surface area contributed by atoms with Gasteiger partial charge in [-0.1, -0.05) is 11.6 Å². The predicted octanol–water partition coefficient (Wildman–Crippen LogP) is 2.77. The van der Waals surface area contributed by atoms with E-state index >= 15 is 0 Å². The first kappa shape index (κ1) is 17.3. The van der Waals surface area contributed by atoms with Crippen LogP contribution in [-0.4, -0.2) is 21.3 Å². The van der Waals surface area contributed by atoms with Gasteiger partial charge in [0.05, 0.1) is 16.4 Å². The highest BCUT2D eigenvalue weighted by molar-refractivity contribution is 6.45. The molecule has 1 aromatic carbocycles. The fraction of sp³-hybridized carbons (Fsp3) is 0.0769. The minimum Gasteiger partial charge on any atom is -0.382 e. The number of nitrogens with one attached hydrogen (secondary N) is 2. The van der Waals surface area contributed by atoms with Gasteiger partial charge in [0.1, 0.15) is 6.07 Å². The van der Waals surface area contributed by atoms with Crippen LogP contribution in [0.25, 0.3) is 5.69 Å². The van der Waals surface area contributed by atoms with Gasteiger partial charge >= 0.3 is 6.18 Å². The van der Waals surface area contributed by atoms with Crippen LogP contribution in [0.3, 0.4) is 0 Å². The van der Waals surface area contributed by atoms with Gasteiger partial charge in [0.25, 0.3) is 0 Å². The molecule has 0 bridgehead atoms. The number of nitrogens with two attached hydrogens (primary N) is 1. The lowest BCUT2D eigenvalue weighted by molar-refractivity contribution is -0.141. The van der Waals surface area contributed by atoms with Crippen molar-refractivity contribution in [2.75, 3.05) is 5.43 Å². The summed E-state index contributed by atoms with van der Waals surface area (Å²) in [5.41, 5.74) is 6.84. The largest absolute Gasteiger partial charge is 0.435 e. The summed E-state index contributed by atoms with van der Waals surface area (Å²) in [5, 5.41) is 23.0. The first-order valence-corrected chi connectivity index (χ1v) is 6.61. The molecule has 24 heavy (non-hydrogen) atoms. The number of hydrazone groups is 1. The fourth-order valence-corrected chi connectivity index (χ4v) is 1.90. The van der Waals surface area contributed by atoms with Crippen LogP contribution in [0.4, 0.5) is 18.9 Å². The van der Waals surface area contributed by atoms with Crippen molar-refractivity contribution in [2.45, 2.75) is 6.18 Å². The molecule has 0 radical (unpaired) electrons. The smallest absolute Gasteiger partial charge is 0.382 e. The van der Waals surface area contributed by atoms with Crippen molar-refractivity contribution in [3.05, 3.63) is 41.2 Å². The molecule has 124 valence electrons. The topological polar surface area (TPSA) is 116 Å². The summed E-state index contributed by atoms with van der Waals surface area (Å²) >= 11 is 6.04. The van der Waals surface area contributed by atoms with E-state index in [2.05, 4.69) is 15.6 Å². The maximum Gasteiger partial charge on any atom is 0.435 e. The average molecular weight is 356 g/mol. The first-order valence-electron chi connectivity index (χ1n) is 6.23. The zero-order valence-electron chi connectivity index (χ0n) is 11.8. The van der Waals surface area contributed by atoms with Crippen LogP contribution in [0, 0.1) is 16.7 Å². The van der Waals surface area contributed by atoms with E-state index in [1.165, 1.54) is 18.2 Å². The molecule has 0 aliphatic heterocycles. The zero-order valence-corrected chi connectivity index (χ0v) is 12.5. The van der Waals surface area contributed by atoms with E-state index in [1.54, 1.807) is 6.07 Å².